The first-order valence-electron chi connectivity index (χ1n) is 36.6. The predicted molar refractivity (Wildman–Crippen MR) is 393 cm³/mol. The Labute approximate surface area is 629 Å². The molecule has 2 aliphatic heterocycles. The predicted octanol–water partition coefficient (Wildman–Crippen LogP) is 11.3. The number of allylic oxidation sites excluding steroid dienone is 2. The Morgan fingerprint density at radius 2 is 1.08 bits per heavy atom. The van der Waals surface area contributed by atoms with Crippen LogP contribution in [0.1, 0.15) is 231 Å². The normalized spacial score (nSPS) is 40.9. The van der Waals surface area contributed by atoms with Gasteiger partial charge in [-0.05, 0) is 203 Å². The number of aliphatic hydroxyl groups excluding tert-OH is 7. The molecule has 2 saturated heterocycles. The van der Waals surface area contributed by atoms with Gasteiger partial charge in [-0.2, -0.15) is 0 Å². The van der Waals surface area contributed by atoms with E-state index >= 15 is 0 Å². The third-order valence-electron chi connectivity index (χ3n) is 25.8. The maximum atomic E-state index is 12.6. The molecule has 10 rings (SSSR count). The number of fused-ring (bicyclic) bond motifs is 10. The summed E-state index contributed by atoms with van der Waals surface area (Å²) >= 11 is 12.9. The Balaban J connectivity index is 0.000000237. The van der Waals surface area contributed by atoms with Crippen molar-refractivity contribution in [1.82, 2.24) is 5.32 Å². The van der Waals surface area contributed by atoms with Crippen LogP contribution in [0.15, 0.2) is 23.3 Å². The molecule has 6 saturated carbocycles. The van der Waals surface area contributed by atoms with Gasteiger partial charge in [-0.25, -0.2) is 14.4 Å². The first-order valence-corrected chi connectivity index (χ1v) is 50.5. The first kappa shape index (κ1) is 86.4. The van der Waals surface area contributed by atoms with Crippen LogP contribution in [0.25, 0.3) is 0 Å². The molecule has 0 bridgehead atoms. The average Bonchev–Trinajstić information content (AvgIpc) is 1.69. The molecule has 1 amide bonds. The Morgan fingerprint density at radius 1 is 0.639 bits per heavy atom. The van der Waals surface area contributed by atoms with E-state index in [1.54, 1.807) is 26.3 Å². The van der Waals surface area contributed by atoms with Gasteiger partial charge in [0.2, 0.25) is 6.29 Å². The molecular formula is C73H124Cl2I3N2O16V. The van der Waals surface area contributed by atoms with Crippen LogP contribution < -0.4 is 23.5 Å². The number of alkyl carbamates (subject to hydrolysis) is 1. The van der Waals surface area contributed by atoms with Crippen molar-refractivity contribution in [3.63, 3.8) is 0 Å². The van der Waals surface area contributed by atoms with Crippen molar-refractivity contribution in [3.05, 3.63) is 23.3 Å². The number of rotatable bonds is 16. The standard InChI is InChI=1S/C34H57NO7.C28H45ClO2.C11H21NO7.ClH.3HI.V/c1-19(2)7-6-8-20(3)24-11-12-25-23-10-9-21-17-22(13-15-33(21,4)26(23)14-16-34(24,25)5)41-32(39)40-18-27-29(36)30(37)28(35)31(38)42-27;1-18(2)7-6-8-19(3)23-11-12-24-22-10-9-20-17-21(31-26(29)30)13-15-27(20,4)25(22)14-16-28(23,24)5;1-11(2,3)19-10(17)12-6-8(15)7(14)5(4-13)18-9(6)16;;;;;/h9,19-20,22-31,36-38H,6-8,10-18,35H2,1-5H3;9,18-19,21-25H,6-8,10-17H2,1-5H3;5-9,13-16H,4H2,1-3H3,(H,12,17);4*1H;/q;;;;;;;+3/p-3/t20-,22+,23+,24-,25+,26+,27?,28?,29?,30?,31?,33+,34-;19-,21+,22+,23-,24+,25+,27+,28-;;;;;;/m01....../s1. The first-order chi connectivity index (χ1) is 44.9. The summed E-state index contributed by atoms with van der Waals surface area (Å²) in [6.07, 6.45) is 20.1. The molecule has 18 nitrogen and oxygen atoms in total. The van der Waals surface area contributed by atoms with Crippen LogP contribution in [-0.2, 0) is 33.3 Å². The number of ether oxygens (including phenoxy) is 6. The van der Waals surface area contributed by atoms with Gasteiger partial charge in [-0.3, -0.25) is 0 Å². The number of carbonyl (C=O) groups is 3. The molecule has 0 spiro atoms. The van der Waals surface area contributed by atoms with Gasteiger partial charge in [-0.1, -0.05) is 131 Å². The van der Waals surface area contributed by atoms with E-state index in [0.29, 0.717) is 22.2 Å². The second kappa shape index (κ2) is 37.3. The van der Waals surface area contributed by atoms with Gasteiger partial charge < -0.3 is 87.6 Å². The molecular weight excluding hydrogens is 1660 g/mol. The van der Waals surface area contributed by atoms with Crippen LogP contribution in [0, 0.1) is 92.7 Å². The molecule has 8 fully saturated rings. The Hall–Kier alpha value is 0.444. The number of hydrogen-bond acceptors (Lipinski definition) is 16. The topological polar surface area (TPSA) is 288 Å². The van der Waals surface area contributed by atoms with Crippen molar-refractivity contribution >= 4 is 89.2 Å². The van der Waals surface area contributed by atoms with Crippen LogP contribution >= 0.6 is 71.5 Å². The summed E-state index contributed by atoms with van der Waals surface area (Å²) in [5.74, 6) is 9.95. The number of amides is 1. The number of aliphatic hydroxyl groups is 7. The second-order valence-corrected chi connectivity index (χ2v) is 69.3. The molecule has 97 heavy (non-hydrogen) atoms. The van der Waals surface area contributed by atoms with Crippen molar-refractivity contribution in [2.75, 3.05) is 13.2 Å². The van der Waals surface area contributed by atoms with Crippen LogP contribution in [0.5, 0.6) is 0 Å². The Morgan fingerprint density at radius 3 is 1.52 bits per heavy atom. The van der Waals surface area contributed by atoms with E-state index in [1.807, 2.05) is 0 Å². The number of nitrogens with one attached hydrogen (secondary N) is 1. The summed E-state index contributed by atoms with van der Waals surface area (Å²) in [6, 6.07) is -2.12. The molecule has 10 aliphatic rings. The van der Waals surface area contributed by atoms with Crippen molar-refractivity contribution in [3.8, 4) is 0 Å². The van der Waals surface area contributed by atoms with Crippen molar-refractivity contribution in [1.29, 1.82) is 0 Å². The number of carbonyl (C=O) groups excluding carboxylic acids is 3. The summed E-state index contributed by atoms with van der Waals surface area (Å²) in [5.41, 5.74) is 6.73. The summed E-state index contributed by atoms with van der Waals surface area (Å²) in [7, 11) is 0. The zero-order valence-corrected chi connectivity index (χ0v) is 69.7. The van der Waals surface area contributed by atoms with Crippen molar-refractivity contribution < 1.29 is 102 Å². The fourth-order valence-corrected chi connectivity index (χ4v) is 20.9. The minimum atomic E-state index is -1.55. The third kappa shape index (κ3) is 21.4. The summed E-state index contributed by atoms with van der Waals surface area (Å²) in [5, 5.41) is 70.3. The van der Waals surface area contributed by atoms with E-state index in [4.69, 9.17) is 45.1 Å². The Bertz CT molecular complexity index is 2590. The van der Waals surface area contributed by atoms with Gasteiger partial charge in [-0.15, -0.1) is 0 Å². The van der Waals surface area contributed by atoms with Crippen LogP contribution in [-0.4, -0.2) is 146 Å². The summed E-state index contributed by atoms with van der Waals surface area (Å²) in [4.78, 5) is 35.1. The van der Waals surface area contributed by atoms with Gasteiger partial charge in [0.1, 0.15) is 67.1 Å². The fraction of sp³-hybridized carbons (Fsp3) is 0.904. The van der Waals surface area contributed by atoms with E-state index in [1.165, 1.54) is 102 Å². The molecule has 0 radical (unpaired) electrons. The van der Waals surface area contributed by atoms with E-state index in [0.717, 1.165) is 110 Å². The monoisotopic (exact) mass is 1790 g/mol. The van der Waals surface area contributed by atoms with E-state index in [9.17, 15) is 45.0 Å². The van der Waals surface area contributed by atoms with Crippen LogP contribution in [0.3, 0.4) is 0 Å². The molecule has 24 heteroatoms. The van der Waals surface area contributed by atoms with Crippen LogP contribution in [0.2, 0.25) is 0 Å². The molecule has 562 valence electrons. The number of quaternary nitrogens is 1. The van der Waals surface area contributed by atoms with Gasteiger partial charge in [0.05, 0.1) is 6.61 Å². The van der Waals surface area contributed by atoms with Gasteiger partial charge in [0.15, 0.2) is 12.3 Å². The van der Waals surface area contributed by atoms with E-state index in [2.05, 4.69) is 152 Å². The molecule has 0 aromatic rings. The Kier molecular flexibility index (Phi) is 33.2. The van der Waals surface area contributed by atoms with Crippen molar-refractivity contribution in [2.45, 2.75) is 310 Å². The average molecular weight is 1790 g/mol. The molecule has 2 heterocycles. The van der Waals surface area contributed by atoms with Crippen molar-refractivity contribution in [2.24, 2.45) is 92.7 Å². The molecule has 0 aromatic carbocycles. The fourth-order valence-electron chi connectivity index (χ4n) is 20.8. The third-order valence-corrected chi connectivity index (χ3v) is 25.9. The number of hydrogen-bond donors (Lipinski definition) is 9. The minimum absolute atomic E-state index is 0. The SMILES string of the molecule is CC(C)(C)OC(=O)NC1C(O)OC(CO)C(O)C1O.CC(C)CCC[C@@H](C)[C@H]1CC[C@H]2[C@@H]3CC=C4C[C@@H](OC(=O)Cl)CC[C@]4(C)[C@H]3CC[C@]12C.CC(C)CCC[C@H](C)[C@@H]1CC[C@@H]2[C@H]3CC=C4C[C@H](OC(=O)OCC5OC(O)C([NH3+])C(O)C5O)CC[C@@]4(C)[C@@H]3CC[C@]21C.[Cl-].[I][V]([I])[I]. The molecule has 26 atom stereocenters. The zero-order valence-electron chi connectivity index (χ0n) is 60.3. The second-order valence-electron chi connectivity index (χ2n) is 33.6. The quantitative estimate of drug-likeness (QED) is 0.0228. The van der Waals surface area contributed by atoms with Gasteiger partial charge in [0.25, 0.3) is 0 Å². The molecule has 0 aromatic heterocycles. The zero-order chi connectivity index (χ0) is 71.2. The number of halogens is 5. The molecule has 11 N–H and O–H groups in total. The van der Waals surface area contributed by atoms with E-state index in [-0.39, 0.29) is 41.6 Å². The van der Waals surface area contributed by atoms with Gasteiger partial charge >= 0.3 is 82.5 Å². The van der Waals surface area contributed by atoms with Crippen LogP contribution in [0.4, 0.5) is 14.4 Å². The maximum absolute atomic E-state index is 12.6. The summed E-state index contributed by atoms with van der Waals surface area (Å²) in [6.45, 7) is 28.9. The van der Waals surface area contributed by atoms with Gasteiger partial charge in [0, 0.05) is 24.4 Å². The molecule has 8 aliphatic carbocycles. The van der Waals surface area contributed by atoms with E-state index < -0.39 is 91.2 Å². The summed E-state index contributed by atoms with van der Waals surface area (Å²) < 4.78 is 31.5. The molecule has 10 unspecified atom stereocenters.